The standard InChI is InChI=1S/C12H16O2S2/c1-13-11-8-15-16-9-12(11)14-7-10-5-3-2-4-6-10/h2-6,11-12H,7-9H2,1H3. The van der Waals surface area contributed by atoms with Crippen molar-refractivity contribution in [2.45, 2.75) is 18.8 Å². The summed E-state index contributed by atoms with van der Waals surface area (Å²) in [7, 11) is 5.50. The highest BCUT2D eigenvalue weighted by Gasteiger charge is 2.26. The highest BCUT2D eigenvalue weighted by atomic mass is 33.1. The summed E-state index contributed by atoms with van der Waals surface area (Å²) in [5, 5.41) is 0. The van der Waals surface area contributed by atoms with E-state index in [2.05, 4.69) is 12.1 Å². The van der Waals surface area contributed by atoms with Crippen molar-refractivity contribution in [3.63, 3.8) is 0 Å². The predicted molar refractivity (Wildman–Crippen MR) is 70.7 cm³/mol. The van der Waals surface area contributed by atoms with Gasteiger partial charge in [0.15, 0.2) is 0 Å². The van der Waals surface area contributed by atoms with E-state index >= 15 is 0 Å². The monoisotopic (exact) mass is 256 g/mol. The molecule has 0 N–H and O–H groups in total. The van der Waals surface area contributed by atoms with Crippen LogP contribution < -0.4 is 0 Å². The first-order valence-corrected chi connectivity index (χ1v) is 7.81. The van der Waals surface area contributed by atoms with Crippen LogP contribution >= 0.6 is 21.6 Å². The molecule has 0 saturated carbocycles. The molecule has 0 aliphatic carbocycles. The molecule has 2 rings (SSSR count). The third-order valence-corrected chi connectivity index (χ3v) is 4.98. The second-order valence-electron chi connectivity index (χ2n) is 3.68. The summed E-state index contributed by atoms with van der Waals surface area (Å²) in [5.74, 6) is 2.02. The van der Waals surface area contributed by atoms with Gasteiger partial charge < -0.3 is 9.47 Å². The molecule has 1 aromatic rings. The molecule has 2 nitrogen and oxygen atoms in total. The van der Waals surface area contributed by atoms with E-state index in [0.29, 0.717) is 6.61 Å². The third-order valence-electron chi connectivity index (χ3n) is 2.57. The normalized spacial score (nSPS) is 25.6. The van der Waals surface area contributed by atoms with E-state index in [1.165, 1.54) is 5.56 Å². The maximum Gasteiger partial charge on any atom is 0.0947 e. The van der Waals surface area contributed by atoms with Gasteiger partial charge in [-0.15, -0.1) is 0 Å². The van der Waals surface area contributed by atoms with Gasteiger partial charge in [0, 0.05) is 18.6 Å². The number of hydrogen-bond donors (Lipinski definition) is 0. The van der Waals surface area contributed by atoms with E-state index in [4.69, 9.17) is 9.47 Å². The van der Waals surface area contributed by atoms with E-state index in [1.54, 1.807) is 7.11 Å². The van der Waals surface area contributed by atoms with Gasteiger partial charge in [0.2, 0.25) is 0 Å². The van der Waals surface area contributed by atoms with Crippen molar-refractivity contribution >= 4 is 21.6 Å². The summed E-state index contributed by atoms with van der Waals surface area (Å²) >= 11 is 0. The smallest absolute Gasteiger partial charge is 0.0947 e. The van der Waals surface area contributed by atoms with Crippen molar-refractivity contribution in [3.05, 3.63) is 35.9 Å². The molecule has 0 aromatic heterocycles. The van der Waals surface area contributed by atoms with Gasteiger partial charge in [0.25, 0.3) is 0 Å². The van der Waals surface area contributed by atoms with E-state index < -0.39 is 0 Å². The van der Waals surface area contributed by atoms with E-state index in [-0.39, 0.29) is 12.2 Å². The summed E-state index contributed by atoms with van der Waals surface area (Å²) in [5.41, 5.74) is 1.22. The average Bonchev–Trinajstić information content (AvgIpc) is 2.38. The fourth-order valence-electron chi connectivity index (χ4n) is 1.60. The van der Waals surface area contributed by atoms with Gasteiger partial charge in [-0.2, -0.15) is 0 Å². The molecule has 0 amide bonds. The largest absolute Gasteiger partial charge is 0.378 e. The Balaban J connectivity index is 1.84. The predicted octanol–water partition coefficient (Wildman–Crippen LogP) is 2.98. The number of rotatable bonds is 4. The van der Waals surface area contributed by atoms with Gasteiger partial charge in [-0.05, 0) is 5.56 Å². The molecule has 2 unspecified atom stereocenters. The lowest BCUT2D eigenvalue weighted by atomic mass is 10.2. The first kappa shape index (κ1) is 12.3. The van der Waals surface area contributed by atoms with Crippen LogP contribution in [-0.4, -0.2) is 30.8 Å². The Morgan fingerprint density at radius 2 is 1.81 bits per heavy atom. The average molecular weight is 256 g/mol. The van der Waals surface area contributed by atoms with E-state index in [9.17, 15) is 0 Å². The first-order chi connectivity index (χ1) is 7.90. The molecular weight excluding hydrogens is 240 g/mol. The third kappa shape index (κ3) is 3.42. The minimum absolute atomic E-state index is 0.219. The Bertz CT molecular complexity index is 305. The molecule has 2 atom stereocenters. The van der Waals surface area contributed by atoms with Crippen molar-refractivity contribution < 1.29 is 9.47 Å². The molecule has 1 aliphatic rings. The van der Waals surface area contributed by atoms with Gasteiger partial charge >= 0.3 is 0 Å². The Labute approximate surface area is 104 Å². The Morgan fingerprint density at radius 1 is 1.12 bits per heavy atom. The van der Waals surface area contributed by atoms with Crippen molar-refractivity contribution in [2.24, 2.45) is 0 Å². The summed E-state index contributed by atoms with van der Waals surface area (Å²) < 4.78 is 11.3. The molecule has 1 heterocycles. The van der Waals surface area contributed by atoms with Gasteiger partial charge in [0.05, 0.1) is 18.8 Å². The van der Waals surface area contributed by atoms with E-state index in [0.717, 1.165) is 11.5 Å². The van der Waals surface area contributed by atoms with Crippen molar-refractivity contribution in [2.75, 3.05) is 18.6 Å². The summed E-state index contributed by atoms with van der Waals surface area (Å²) in [6.07, 6.45) is 0.450. The van der Waals surface area contributed by atoms with E-state index in [1.807, 2.05) is 39.8 Å². The zero-order valence-corrected chi connectivity index (χ0v) is 10.9. The topological polar surface area (TPSA) is 18.5 Å². The summed E-state index contributed by atoms with van der Waals surface area (Å²) in [6, 6.07) is 10.3. The molecule has 0 bridgehead atoms. The van der Waals surface area contributed by atoms with Crippen LogP contribution in [0.1, 0.15) is 5.56 Å². The summed E-state index contributed by atoms with van der Waals surface area (Å²) in [6.45, 7) is 0.677. The van der Waals surface area contributed by atoms with Crippen molar-refractivity contribution in [3.8, 4) is 0 Å². The van der Waals surface area contributed by atoms with Crippen LogP contribution in [0.4, 0.5) is 0 Å². The Morgan fingerprint density at radius 3 is 2.50 bits per heavy atom. The van der Waals surface area contributed by atoms with Crippen LogP contribution in [-0.2, 0) is 16.1 Å². The fraction of sp³-hybridized carbons (Fsp3) is 0.500. The maximum absolute atomic E-state index is 5.91. The van der Waals surface area contributed by atoms with Crippen LogP contribution in [0, 0.1) is 0 Å². The SMILES string of the molecule is COC1CSSCC1OCc1ccccc1. The van der Waals surface area contributed by atoms with Crippen molar-refractivity contribution in [1.82, 2.24) is 0 Å². The highest BCUT2D eigenvalue weighted by Crippen LogP contribution is 2.32. The molecule has 1 saturated heterocycles. The molecule has 88 valence electrons. The van der Waals surface area contributed by atoms with Gasteiger partial charge in [-0.3, -0.25) is 0 Å². The lowest BCUT2D eigenvalue weighted by Gasteiger charge is -2.29. The maximum atomic E-state index is 5.91. The second kappa shape index (κ2) is 6.55. The zero-order valence-electron chi connectivity index (χ0n) is 9.30. The highest BCUT2D eigenvalue weighted by molar-refractivity contribution is 8.76. The Hall–Kier alpha value is -0.160. The Kier molecular flexibility index (Phi) is 5.03. The second-order valence-corrected chi connectivity index (χ2v) is 6.23. The number of ether oxygens (including phenoxy) is 2. The van der Waals surface area contributed by atoms with Crippen molar-refractivity contribution in [1.29, 1.82) is 0 Å². The molecule has 0 radical (unpaired) electrons. The van der Waals surface area contributed by atoms with Crippen LogP contribution in [0.5, 0.6) is 0 Å². The van der Waals surface area contributed by atoms with Gasteiger partial charge in [-0.25, -0.2) is 0 Å². The zero-order chi connectivity index (χ0) is 11.2. The molecule has 1 aliphatic heterocycles. The lowest BCUT2D eigenvalue weighted by molar-refractivity contribution is -0.0413. The number of methoxy groups -OCH3 is 1. The number of benzene rings is 1. The molecule has 16 heavy (non-hydrogen) atoms. The lowest BCUT2D eigenvalue weighted by Crippen LogP contribution is -2.36. The molecule has 4 heteroatoms. The minimum atomic E-state index is 0.219. The molecule has 0 spiro atoms. The fourth-order valence-corrected chi connectivity index (χ4v) is 4.10. The molecule has 1 fully saturated rings. The van der Waals surface area contributed by atoms with Crippen LogP contribution in [0.3, 0.4) is 0 Å². The minimum Gasteiger partial charge on any atom is -0.378 e. The van der Waals surface area contributed by atoms with Crippen LogP contribution in [0.25, 0.3) is 0 Å². The first-order valence-electron chi connectivity index (χ1n) is 5.33. The van der Waals surface area contributed by atoms with Crippen LogP contribution in [0.2, 0.25) is 0 Å². The van der Waals surface area contributed by atoms with Gasteiger partial charge in [-0.1, -0.05) is 51.9 Å². The van der Waals surface area contributed by atoms with Gasteiger partial charge in [0.1, 0.15) is 0 Å². The molecule has 1 aromatic carbocycles. The summed E-state index contributed by atoms with van der Waals surface area (Å²) in [4.78, 5) is 0. The van der Waals surface area contributed by atoms with Crippen LogP contribution in [0.15, 0.2) is 30.3 Å². The number of hydrogen-bond acceptors (Lipinski definition) is 4. The molecular formula is C12H16O2S2. The quantitative estimate of drug-likeness (QED) is 0.771.